The van der Waals surface area contributed by atoms with Crippen LogP contribution < -0.4 is 5.73 Å². The lowest BCUT2D eigenvalue weighted by Gasteiger charge is -2.04. The van der Waals surface area contributed by atoms with E-state index in [-0.39, 0.29) is 0 Å². The molecule has 2 aromatic carbocycles. The fourth-order valence-corrected chi connectivity index (χ4v) is 2.40. The van der Waals surface area contributed by atoms with Crippen LogP contribution in [0.4, 0.5) is 5.69 Å². The van der Waals surface area contributed by atoms with E-state index in [1.807, 2.05) is 29.1 Å². The lowest BCUT2D eigenvalue weighted by atomic mass is 10.0. The van der Waals surface area contributed by atoms with Gasteiger partial charge in [-0.3, -0.25) is 4.68 Å². The molecular weight excluding hydrogens is 258 g/mol. The Balaban J connectivity index is 1.92. The molecule has 0 aliphatic rings. The lowest BCUT2D eigenvalue weighted by molar-refractivity contribution is 0.689. The summed E-state index contributed by atoms with van der Waals surface area (Å²) in [5.74, 6) is 0. The number of nitrogens with zero attached hydrogens (tertiary/aromatic N) is 2. The highest BCUT2D eigenvalue weighted by Crippen LogP contribution is 2.26. The number of benzene rings is 2. The molecule has 106 valence electrons. The highest BCUT2D eigenvalue weighted by Gasteiger charge is 2.09. The van der Waals surface area contributed by atoms with Crippen LogP contribution in [0.5, 0.6) is 0 Å². The first-order valence-corrected chi connectivity index (χ1v) is 7.08. The molecule has 0 unspecified atom stereocenters. The van der Waals surface area contributed by atoms with Crippen molar-refractivity contribution in [3.63, 3.8) is 0 Å². The monoisotopic (exact) mass is 277 g/mol. The molecule has 0 fully saturated rings. The average Bonchev–Trinajstić information content (AvgIpc) is 2.84. The molecule has 2 N–H and O–H groups in total. The second-order valence-corrected chi connectivity index (χ2v) is 5.42. The number of aromatic nitrogens is 2. The van der Waals surface area contributed by atoms with Crippen molar-refractivity contribution in [1.29, 1.82) is 0 Å². The minimum atomic E-state index is 0.717. The van der Waals surface area contributed by atoms with Gasteiger partial charge in [0.15, 0.2) is 0 Å². The molecule has 0 aliphatic carbocycles. The molecule has 0 radical (unpaired) electrons. The molecule has 3 rings (SSSR count). The molecule has 1 heterocycles. The molecule has 3 aromatic rings. The molecule has 0 spiro atoms. The number of nitrogens with two attached hydrogens (primary N) is 1. The van der Waals surface area contributed by atoms with Crippen molar-refractivity contribution in [1.82, 2.24) is 9.78 Å². The smallest absolute Gasteiger partial charge is 0.115 e. The molecule has 0 amide bonds. The van der Waals surface area contributed by atoms with E-state index in [2.05, 4.69) is 49.3 Å². The summed E-state index contributed by atoms with van der Waals surface area (Å²) in [4.78, 5) is 0. The first kappa shape index (κ1) is 13.4. The van der Waals surface area contributed by atoms with Gasteiger partial charge < -0.3 is 5.73 Å². The largest absolute Gasteiger partial charge is 0.396 e. The van der Waals surface area contributed by atoms with Crippen molar-refractivity contribution in [2.45, 2.75) is 20.4 Å². The quantitative estimate of drug-likeness (QED) is 0.791. The van der Waals surface area contributed by atoms with E-state index in [9.17, 15) is 0 Å². The number of nitrogen functional groups attached to an aromatic ring is 1. The first-order valence-electron chi connectivity index (χ1n) is 7.08. The maximum atomic E-state index is 6.13. The van der Waals surface area contributed by atoms with Crippen LogP contribution in [0.2, 0.25) is 0 Å². The third-order valence-electron chi connectivity index (χ3n) is 3.76. The average molecular weight is 277 g/mol. The van der Waals surface area contributed by atoms with Crippen LogP contribution in [0.15, 0.2) is 54.7 Å². The van der Waals surface area contributed by atoms with Crippen molar-refractivity contribution < 1.29 is 0 Å². The van der Waals surface area contributed by atoms with E-state index in [1.54, 1.807) is 0 Å². The summed E-state index contributed by atoms with van der Waals surface area (Å²) in [7, 11) is 0. The number of hydrogen-bond acceptors (Lipinski definition) is 2. The second-order valence-electron chi connectivity index (χ2n) is 5.42. The third-order valence-corrected chi connectivity index (χ3v) is 3.76. The molecule has 3 nitrogen and oxygen atoms in total. The van der Waals surface area contributed by atoms with Crippen LogP contribution in [0.3, 0.4) is 0 Å². The predicted octanol–water partition coefficient (Wildman–Crippen LogP) is 3.80. The highest BCUT2D eigenvalue weighted by atomic mass is 15.3. The van der Waals surface area contributed by atoms with Crippen molar-refractivity contribution in [3.8, 4) is 11.3 Å². The zero-order valence-electron chi connectivity index (χ0n) is 12.4. The predicted molar refractivity (Wildman–Crippen MR) is 87.1 cm³/mol. The number of aryl methyl sites for hydroxylation is 2. The van der Waals surface area contributed by atoms with Gasteiger partial charge in [0.05, 0.1) is 12.2 Å². The normalized spacial score (nSPS) is 10.8. The summed E-state index contributed by atoms with van der Waals surface area (Å²) >= 11 is 0. The molecule has 3 heteroatoms. The number of rotatable bonds is 3. The molecule has 21 heavy (non-hydrogen) atoms. The van der Waals surface area contributed by atoms with Gasteiger partial charge in [-0.15, -0.1) is 0 Å². The third kappa shape index (κ3) is 2.82. The van der Waals surface area contributed by atoms with E-state index in [0.29, 0.717) is 5.69 Å². The standard InChI is InChI=1S/C18H19N3/c1-13-8-9-16(10-14(13)2)18-17(19)12-21(20-18)11-15-6-4-3-5-7-15/h3-10,12H,11,19H2,1-2H3. The fourth-order valence-electron chi connectivity index (χ4n) is 2.40. The maximum Gasteiger partial charge on any atom is 0.115 e. The zero-order chi connectivity index (χ0) is 14.8. The summed E-state index contributed by atoms with van der Waals surface area (Å²) in [6.07, 6.45) is 1.90. The molecule has 0 saturated carbocycles. The van der Waals surface area contributed by atoms with Crippen LogP contribution in [0.1, 0.15) is 16.7 Å². The second kappa shape index (κ2) is 5.44. The molecule has 0 aliphatic heterocycles. The Morgan fingerprint density at radius 2 is 1.76 bits per heavy atom. The Morgan fingerprint density at radius 1 is 1.00 bits per heavy atom. The number of hydrogen-bond donors (Lipinski definition) is 1. The minimum absolute atomic E-state index is 0.717. The van der Waals surface area contributed by atoms with Crippen molar-refractivity contribution >= 4 is 5.69 Å². The zero-order valence-corrected chi connectivity index (χ0v) is 12.4. The van der Waals surface area contributed by atoms with Crippen molar-refractivity contribution in [2.24, 2.45) is 0 Å². The van der Waals surface area contributed by atoms with Crippen molar-refractivity contribution in [2.75, 3.05) is 5.73 Å². The van der Waals surface area contributed by atoms with Crippen molar-refractivity contribution in [3.05, 3.63) is 71.4 Å². The fraction of sp³-hybridized carbons (Fsp3) is 0.167. The molecule has 0 bridgehead atoms. The van der Waals surface area contributed by atoms with Gasteiger partial charge in [0.1, 0.15) is 5.69 Å². The van der Waals surface area contributed by atoms with E-state index in [0.717, 1.165) is 17.8 Å². The van der Waals surface area contributed by atoms with Crippen LogP contribution in [0.25, 0.3) is 11.3 Å². The Labute approximate surface area is 125 Å². The van der Waals surface area contributed by atoms with Gasteiger partial charge in [0.2, 0.25) is 0 Å². The van der Waals surface area contributed by atoms with Gasteiger partial charge in [-0.25, -0.2) is 0 Å². The van der Waals surface area contributed by atoms with Gasteiger partial charge in [-0.1, -0.05) is 42.5 Å². The maximum absolute atomic E-state index is 6.13. The van der Waals surface area contributed by atoms with Gasteiger partial charge in [-0.05, 0) is 36.6 Å². The Kier molecular flexibility index (Phi) is 3.48. The number of anilines is 1. The van der Waals surface area contributed by atoms with Gasteiger partial charge in [-0.2, -0.15) is 5.10 Å². The summed E-state index contributed by atoms with van der Waals surface area (Å²) in [5.41, 5.74) is 12.5. The Hall–Kier alpha value is -2.55. The van der Waals surface area contributed by atoms with Crippen LogP contribution in [-0.4, -0.2) is 9.78 Å². The topological polar surface area (TPSA) is 43.8 Å². The summed E-state index contributed by atoms with van der Waals surface area (Å²) in [6.45, 7) is 4.95. The van der Waals surface area contributed by atoms with Crippen LogP contribution >= 0.6 is 0 Å². The highest BCUT2D eigenvalue weighted by molar-refractivity contribution is 5.72. The SMILES string of the molecule is Cc1ccc(-c2nn(Cc3ccccc3)cc2N)cc1C. The van der Waals surface area contributed by atoms with Gasteiger partial charge in [0.25, 0.3) is 0 Å². The molecule has 1 aromatic heterocycles. The van der Waals surface area contributed by atoms with E-state index in [4.69, 9.17) is 5.73 Å². The van der Waals surface area contributed by atoms with Crippen LogP contribution in [-0.2, 0) is 6.54 Å². The van der Waals surface area contributed by atoms with E-state index in [1.165, 1.54) is 16.7 Å². The van der Waals surface area contributed by atoms with Gasteiger partial charge in [0, 0.05) is 11.8 Å². The first-order chi connectivity index (χ1) is 10.1. The Bertz CT molecular complexity index is 757. The Morgan fingerprint density at radius 3 is 2.48 bits per heavy atom. The molecular formula is C18H19N3. The summed E-state index contributed by atoms with van der Waals surface area (Å²) in [6, 6.07) is 16.6. The summed E-state index contributed by atoms with van der Waals surface area (Å²) in [5, 5.41) is 4.64. The molecule has 0 saturated heterocycles. The van der Waals surface area contributed by atoms with E-state index >= 15 is 0 Å². The van der Waals surface area contributed by atoms with Crippen LogP contribution in [0, 0.1) is 13.8 Å². The van der Waals surface area contributed by atoms with E-state index < -0.39 is 0 Å². The lowest BCUT2D eigenvalue weighted by Crippen LogP contribution is -2.00. The summed E-state index contributed by atoms with van der Waals surface area (Å²) < 4.78 is 1.90. The van der Waals surface area contributed by atoms with Gasteiger partial charge >= 0.3 is 0 Å². The molecule has 0 atom stereocenters. The minimum Gasteiger partial charge on any atom is -0.396 e.